The Morgan fingerprint density at radius 3 is 2.55 bits per heavy atom. The predicted molar refractivity (Wildman–Crippen MR) is 133 cm³/mol. The molecule has 5 nitrogen and oxygen atoms in total. The Kier molecular flexibility index (Phi) is 6.01. The number of hydrogen-bond acceptors (Lipinski definition) is 3. The molecule has 6 heteroatoms. The summed E-state index contributed by atoms with van der Waals surface area (Å²) in [6, 6.07) is 22.3. The van der Waals surface area contributed by atoms with E-state index in [-0.39, 0.29) is 17.7 Å². The largest absolute Gasteiger partial charge is 0.352 e. The minimum atomic E-state index is -0.0387. The SMILES string of the molecule is Cc1ccccc1CNC(=O)C1CCN(C(=O)c2ccc(-n3ccc4ccccc43)s2)CC1. The lowest BCUT2D eigenvalue weighted by Crippen LogP contribution is -2.42. The molecule has 2 amide bonds. The summed E-state index contributed by atoms with van der Waals surface area (Å²) in [6.45, 7) is 3.83. The Labute approximate surface area is 197 Å². The van der Waals surface area contributed by atoms with Crippen LogP contribution >= 0.6 is 11.3 Å². The van der Waals surface area contributed by atoms with E-state index in [2.05, 4.69) is 41.1 Å². The number of likely N-dealkylation sites (tertiary alicyclic amines) is 1. The van der Waals surface area contributed by atoms with E-state index in [4.69, 9.17) is 0 Å². The molecule has 33 heavy (non-hydrogen) atoms. The lowest BCUT2D eigenvalue weighted by molar-refractivity contribution is -0.126. The van der Waals surface area contributed by atoms with Crippen LogP contribution in [0.15, 0.2) is 72.9 Å². The Morgan fingerprint density at radius 2 is 1.73 bits per heavy atom. The van der Waals surface area contributed by atoms with Crippen LogP contribution in [-0.4, -0.2) is 34.4 Å². The first-order chi connectivity index (χ1) is 16.1. The van der Waals surface area contributed by atoms with Crippen LogP contribution in [0.1, 0.15) is 33.6 Å². The van der Waals surface area contributed by atoms with Crippen molar-refractivity contribution in [1.29, 1.82) is 0 Å². The van der Waals surface area contributed by atoms with Crippen molar-refractivity contribution < 1.29 is 9.59 Å². The second-order valence-corrected chi connectivity index (χ2v) is 9.66. The Balaban J connectivity index is 1.18. The molecular weight excluding hydrogens is 430 g/mol. The van der Waals surface area contributed by atoms with Crippen LogP contribution < -0.4 is 5.32 Å². The third-order valence-electron chi connectivity index (χ3n) is 6.51. The standard InChI is InChI=1S/C27H27N3O2S/c1-19-6-2-3-8-22(19)18-28-26(31)21-12-15-29(16-13-21)27(32)24-10-11-25(33-24)30-17-14-20-7-4-5-9-23(20)30/h2-11,14,17,21H,12-13,15-16,18H2,1H3,(H,28,31). The number of aryl methyl sites for hydroxylation is 1. The molecular formula is C27H27N3O2S. The van der Waals surface area contributed by atoms with E-state index in [9.17, 15) is 9.59 Å². The highest BCUT2D eigenvalue weighted by atomic mass is 32.1. The fourth-order valence-electron chi connectivity index (χ4n) is 4.48. The first-order valence-electron chi connectivity index (χ1n) is 11.4. The Hall–Kier alpha value is -3.38. The van der Waals surface area contributed by atoms with Gasteiger partial charge in [-0.15, -0.1) is 11.3 Å². The van der Waals surface area contributed by atoms with Crippen molar-refractivity contribution >= 4 is 34.1 Å². The van der Waals surface area contributed by atoms with E-state index in [0.717, 1.165) is 21.0 Å². The zero-order chi connectivity index (χ0) is 22.8. The summed E-state index contributed by atoms with van der Waals surface area (Å²) >= 11 is 1.51. The van der Waals surface area contributed by atoms with Crippen LogP contribution in [0.4, 0.5) is 0 Å². The highest BCUT2D eigenvalue weighted by molar-refractivity contribution is 7.16. The molecule has 0 spiro atoms. The van der Waals surface area contributed by atoms with E-state index >= 15 is 0 Å². The Bertz CT molecular complexity index is 1300. The van der Waals surface area contributed by atoms with Crippen molar-refractivity contribution in [3.05, 3.63) is 88.9 Å². The average molecular weight is 458 g/mol. The second-order valence-electron chi connectivity index (χ2n) is 8.59. The summed E-state index contributed by atoms with van der Waals surface area (Å²) < 4.78 is 2.13. The van der Waals surface area contributed by atoms with Crippen LogP contribution in [0.2, 0.25) is 0 Å². The maximum absolute atomic E-state index is 13.1. The molecule has 1 fully saturated rings. The number of aromatic nitrogens is 1. The summed E-state index contributed by atoms with van der Waals surface area (Å²) in [7, 11) is 0. The summed E-state index contributed by atoms with van der Waals surface area (Å²) in [5.74, 6) is 0.105. The van der Waals surface area contributed by atoms with E-state index in [1.807, 2.05) is 53.6 Å². The summed E-state index contributed by atoms with van der Waals surface area (Å²) in [5.41, 5.74) is 3.46. The quantitative estimate of drug-likeness (QED) is 0.450. The van der Waals surface area contributed by atoms with Gasteiger partial charge in [-0.25, -0.2) is 0 Å². The molecule has 1 saturated heterocycles. The molecule has 0 aliphatic carbocycles. The molecule has 4 aromatic rings. The zero-order valence-electron chi connectivity index (χ0n) is 18.7. The van der Waals surface area contributed by atoms with Crippen LogP contribution in [0.25, 0.3) is 15.9 Å². The monoisotopic (exact) mass is 457 g/mol. The second kappa shape index (κ2) is 9.24. The smallest absolute Gasteiger partial charge is 0.263 e. The van der Waals surface area contributed by atoms with Gasteiger partial charge in [0, 0.05) is 31.7 Å². The van der Waals surface area contributed by atoms with Gasteiger partial charge in [0.05, 0.1) is 10.4 Å². The number of fused-ring (bicyclic) bond motifs is 1. The van der Waals surface area contributed by atoms with Gasteiger partial charge in [0.25, 0.3) is 5.91 Å². The number of thiophene rings is 1. The number of rotatable bonds is 5. The Morgan fingerprint density at radius 1 is 0.970 bits per heavy atom. The van der Waals surface area contributed by atoms with Gasteiger partial charge >= 0.3 is 0 Å². The van der Waals surface area contributed by atoms with Gasteiger partial charge < -0.3 is 14.8 Å². The minimum absolute atomic E-state index is 0.0387. The van der Waals surface area contributed by atoms with Crippen molar-refractivity contribution in [2.24, 2.45) is 5.92 Å². The maximum atomic E-state index is 13.1. The molecule has 168 valence electrons. The number of nitrogens with one attached hydrogen (secondary N) is 1. The molecule has 1 aliphatic rings. The first kappa shape index (κ1) is 21.5. The zero-order valence-corrected chi connectivity index (χ0v) is 19.5. The van der Waals surface area contributed by atoms with E-state index in [1.165, 1.54) is 22.3 Å². The molecule has 2 aromatic carbocycles. The van der Waals surface area contributed by atoms with Crippen molar-refractivity contribution in [1.82, 2.24) is 14.8 Å². The number of carbonyl (C=O) groups excluding carboxylic acids is 2. The number of nitrogens with zero attached hydrogens (tertiary/aromatic N) is 2. The molecule has 3 heterocycles. The summed E-state index contributed by atoms with van der Waals surface area (Å²) in [5, 5.41) is 5.29. The van der Waals surface area contributed by atoms with Gasteiger partial charge in [0.15, 0.2) is 0 Å². The van der Waals surface area contributed by atoms with Crippen LogP contribution in [0, 0.1) is 12.8 Å². The van der Waals surface area contributed by atoms with Gasteiger partial charge in [0.2, 0.25) is 5.91 Å². The number of amides is 2. The highest BCUT2D eigenvalue weighted by Gasteiger charge is 2.28. The van der Waals surface area contributed by atoms with E-state index < -0.39 is 0 Å². The van der Waals surface area contributed by atoms with Crippen LogP contribution in [0.5, 0.6) is 0 Å². The molecule has 2 aromatic heterocycles. The topological polar surface area (TPSA) is 54.3 Å². The molecule has 1 aliphatic heterocycles. The molecule has 0 unspecified atom stereocenters. The fourth-order valence-corrected chi connectivity index (χ4v) is 5.45. The molecule has 0 bridgehead atoms. The fraction of sp³-hybridized carbons (Fsp3) is 0.259. The van der Waals surface area contributed by atoms with Crippen molar-refractivity contribution in [2.75, 3.05) is 13.1 Å². The maximum Gasteiger partial charge on any atom is 0.263 e. The van der Waals surface area contributed by atoms with E-state index in [1.54, 1.807) is 0 Å². The number of piperidine rings is 1. The number of para-hydroxylation sites is 1. The highest BCUT2D eigenvalue weighted by Crippen LogP contribution is 2.28. The van der Waals surface area contributed by atoms with Gasteiger partial charge in [-0.05, 0) is 60.5 Å². The van der Waals surface area contributed by atoms with Crippen LogP contribution in [0.3, 0.4) is 0 Å². The lowest BCUT2D eigenvalue weighted by Gasteiger charge is -2.31. The van der Waals surface area contributed by atoms with Crippen LogP contribution in [-0.2, 0) is 11.3 Å². The van der Waals surface area contributed by atoms with Crippen molar-refractivity contribution in [2.45, 2.75) is 26.3 Å². The van der Waals surface area contributed by atoms with Gasteiger partial charge in [-0.1, -0.05) is 42.5 Å². The number of hydrogen-bond donors (Lipinski definition) is 1. The third kappa shape index (κ3) is 4.44. The number of benzene rings is 2. The van der Waals surface area contributed by atoms with Gasteiger partial charge in [-0.2, -0.15) is 0 Å². The molecule has 5 rings (SSSR count). The predicted octanol–water partition coefficient (Wildman–Crippen LogP) is 5.17. The summed E-state index contributed by atoms with van der Waals surface area (Å²) in [6.07, 6.45) is 3.45. The van der Waals surface area contributed by atoms with Gasteiger partial charge in [-0.3, -0.25) is 9.59 Å². The number of carbonyl (C=O) groups is 2. The van der Waals surface area contributed by atoms with Gasteiger partial charge in [0.1, 0.15) is 5.00 Å². The van der Waals surface area contributed by atoms with Crippen molar-refractivity contribution in [3.8, 4) is 5.00 Å². The van der Waals surface area contributed by atoms with Crippen molar-refractivity contribution in [3.63, 3.8) is 0 Å². The van der Waals surface area contributed by atoms with E-state index in [0.29, 0.717) is 32.5 Å². The lowest BCUT2D eigenvalue weighted by atomic mass is 9.95. The molecule has 0 saturated carbocycles. The molecule has 0 radical (unpaired) electrons. The molecule has 0 atom stereocenters. The first-order valence-corrected chi connectivity index (χ1v) is 12.2. The third-order valence-corrected chi connectivity index (χ3v) is 7.58. The normalized spacial score (nSPS) is 14.5. The minimum Gasteiger partial charge on any atom is -0.352 e. The average Bonchev–Trinajstić information content (AvgIpc) is 3.50. The molecule has 1 N–H and O–H groups in total. The summed E-state index contributed by atoms with van der Waals surface area (Å²) in [4.78, 5) is 28.4.